The summed E-state index contributed by atoms with van der Waals surface area (Å²) in [5.41, 5.74) is 1.76. The third kappa shape index (κ3) is 2.21. The van der Waals surface area contributed by atoms with Crippen LogP contribution in [0.5, 0.6) is 0 Å². The van der Waals surface area contributed by atoms with Gasteiger partial charge in [0.25, 0.3) is 0 Å². The number of rotatable bonds is 4. The molecule has 16 heavy (non-hydrogen) atoms. The van der Waals surface area contributed by atoms with E-state index in [1.54, 1.807) is 6.20 Å². The zero-order valence-electron chi connectivity index (χ0n) is 9.29. The lowest BCUT2D eigenvalue weighted by Gasteiger charge is -2.05. The first-order valence-corrected chi connectivity index (χ1v) is 5.53. The fraction of sp³-hybridized carbons (Fsp3) is 0.333. The number of aromatic nitrogens is 2. The second kappa shape index (κ2) is 4.79. The van der Waals surface area contributed by atoms with Gasteiger partial charge in [-0.3, -0.25) is 9.89 Å². The van der Waals surface area contributed by atoms with E-state index in [4.69, 9.17) is 0 Å². The Hall–Kier alpha value is -1.84. The predicted molar refractivity (Wildman–Crippen MR) is 64.2 cm³/mol. The Bertz CT molecular complexity index is 490. The third-order valence-electron chi connectivity index (χ3n) is 2.52. The first-order chi connectivity index (χ1) is 7.81. The van der Waals surface area contributed by atoms with E-state index < -0.39 is 0 Å². The molecule has 2 rings (SSSR count). The van der Waals surface area contributed by atoms with Gasteiger partial charge in [-0.25, -0.2) is 0 Å². The van der Waals surface area contributed by atoms with Crippen molar-refractivity contribution in [2.24, 2.45) is 0 Å². The average Bonchev–Trinajstić information content (AvgIpc) is 2.75. The number of carbonyl (C=O) groups is 1. The smallest absolute Gasteiger partial charge is 0.224 e. The topological polar surface area (TPSA) is 57.8 Å². The van der Waals surface area contributed by atoms with Crippen LogP contribution in [0.4, 0.5) is 5.69 Å². The number of amides is 1. The number of nitrogens with zero attached hydrogens (tertiary/aromatic N) is 1. The molecule has 0 aliphatic rings. The molecule has 0 atom stereocenters. The molecule has 0 fully saturated rings. The minimum Gasteiger partial charge on any atom is -0.325 e. The molecular formula is C12H15N3O. The number of aromatic amines is 1. The van der Waals surface area contributed by atoms with Gasteiger partial charge in [0.2, 0.25) is 5.91 Å². The summed E-state index contributed by atoms with van der Waals surface area (Å²) in [5, 5.41) is 10.7. The molecule has 4 nitrogen and oxygen atoms in total. The van der Waals surface area contributed by atoms with E-state index in [-0.39, 0.29) is 5.91 Å². The van der Waals surface area contributed by atoms with Crippen LogP contribution in [-0.4, -0.2) is 16.1 Å². The summed E-state index contributed by atoms with van der Waals surface area (Å²) in [4.78, 5) is 11.6. The quantitative estimate of drug-likeness (QED) is 0.827. The lowest BCUT2D eigenvalue weighted by Crippen LogP contribution is -2.10. The molecule has 0 bridgehead atoms. The monoisotopic (exact) mass is 217 g/mol. The van der Waals surface area contributed by atoms with Crippen LogP contribution in [-0.2, 0) is 4.79 Å². The van der Waals surface area contributed by atoms with E-state index in [0.717, 1.165) is 29.4 Å². The van der Waals surface area contributed by atoms with Gasteiger partial charge in [0.05, 0.1) is 17.4 Å². The molecule has 0 saturated carbocycles. The van der Waals surface area contributed by atoms with Crippen LogP contribution in [0, 0.1) is 0 Å². The summed E-state index contributed by atoms with van der Waals surface area (Å²) < 4.78 is 0. The Labute approximate surface area is 94.0 Å². The van der Waals surface area contributed by atoms with E-state index in [2.05, 4.69) is 22.4 Å². The van der Waals surface area contributed by atoms with Gasteiger partial charge < -0.3 is 5.32 Å². The Kier molecular flexibility index (Phi) is 3.19. The van der Waals surface area contributed by atoms with Crippen molar-refractivity contribution >= 4 is 22.5 Å². The van der Waals surface area contributed by atoms with E-state index in [1.807, 2.05) is 18.2 Å². The summed E-state index contributed by atoms with van der Waals surface area (Å²) in [6.07, 6.45) is 4.26. The SMILES string of the molecule is CCCCC(=O)Nc1cccc2[nH]ncc12. The molecule has 1 aromatic carbocycles. The molecule has 4 heteroatoms. The van der Waals surface area contributed by atoms with Gasteiger partial charge in [-0.15, -0.1) is 0 Å². The highest BCUT2D eigenvalue weighted by Gasteiger charge is 2.05. The minimum absolute atomic E-state index is 0.0653. The first kappa shape index (κ1) is 10.7. The molecule has 0 aliphatic carbocycles. The fourth-order valence-electron chi connectivity index (χ4n) is 1.63. The lowest BCUT2D eigenvalue weighted by atomic mass is 10.2. The van der Waals surface area contributed by atoms with Crippen LogP contribution >= 0.6 is 0 Å². The Morgan fingerprint density at radius 3 is 3.19 bits per heavy atom. The van der Waals surface area contributed by atoms with Gasteiger partial charge in [0, 0.05) is 11.8 Å². The number of carbonyl (C=O) groups excluding carboxylic acids is 1. The molecule has 0 unspecified atom stereocenters. The Morgan fingerprint density at radius 1 is 1.50 bits per heavy atom. The van der Waals surface area contributed by atoms with Crippen molar-refractivity contribution in [3.63, 3.8) is 0 Å². The van der Waals surface area contributed by atoms with E-state index in [9.17, 15) is 4.79 Å². The number of hydrogen-bond acceptors (Lipinski definition) is 2. The maximum Gasteiger partial charge on any atom is 0.224 e. The van der Waals surface area contributed by atoms with E-state index in [0.29, 0.717) is 6.42 Å². The summed E-state index contributed by atoms with van der Waals surface area (Å²) in [7, 11) is 0. The first-order valence-electron chi connectivity index (χ1n) is 5.53. The molecular weight excluding hydrogens is 202 g/mol. The molecule has 2 N–H and O–H groups in total. The van der Waals surface area contributed by atoms with Gasteiger partial charge in [-0.2, -0.15) is 5.10 Å². The maximum absolute atomic E-state index is 11.6. The highest BCUT2D eigenvalue weighted by Crippen LogP contribution is 2.21. The van der Waals surface area contributed by atoms with Crippen LogP contribution in [0.15, 0.2) is 24.4 Å². The molecule has 0 spiro atoms. The van der Waals surface area contributed by atoms with Crippen molar-refractivity contribution in [2.45, 2.75) is 26.2 Å². The number of fused-ring (bicyclic) bond motifs is 1. The molecule has 1 aromatic heterocycles. The average molecular weight is 217 g/mol. The summed E-state index contributed by atoms with van der Waals surface area (Å²) in [6.45, 7) is 2.07. The summed E-state index contributed by atoms with van der Waals surface area (Å²) in [6, 6.07) is 5.72. The summed E-state index contributed by atoms with van der Waals surface area (Å²) in [5.74, 6) is 0.0653. The van der Waals surface area contributed by atoms with Crippen LogP contribution in [0.25, 0.3) is 10.9 Å². The van der Waals surface area contributed by atoms with Crippen LogP contribution < -0.4 is 5.32 Å². The van der Waals surface area contributed by atoms with Crippen molar-refractivity contribution in [1.82, 2.24) is 10.2 Å². The Balaban J connectivity index is 2.14. The zero-order valence-corrected chi connectivity index (χ0v) is 9.29. The summed E-state index contributed by atoms with van der Waals surface area (Å²) >= 11 is 0. The van der Waals surface area contributed by atoms with Gasteiger partial charge in [-0.1, -0.05) is 19.4 Å². The van der Waals surface area contributed by atoms with Crippen molar-refractivity contribution < 1.29 is 4.79 Å². The molecule has 1 heterocycles. The second-order valence-electron chi connectivity index (χ2n) is 3.79. The second-order valence-corrected chi connectivity index (χ2v) is 3.79. The van der Waals surface area contributed by atoms with E-state index >= 15 is 0 Å². The van der Waals surface area contributed by atoms with E-state index in [1.165, 1.54) is 0 Å². The van der Waals surface area contributed by atoms with Crippen molar-refractivity contribution in [1.29, 1.82) is 0 Å². The molecule has 84 valence electrons. The number of unbranched alkanes of at least 4 members (excludes halogenated alkanes) is 1. The van der Waals surface area contributed by atoms with Gasteiger partial charge in [0.15, 0.2) is 0 Å². The standard InChI is InChI=1S/C12H15N3O/c1-2-3-7-12(16)14-10-5-4-6-11-9(10)8-13-15-11/h4-6,8H,2-3,7H2,1H3,(H,13,15)(H,14,16). The van der Waals surface area contributed by atoms with Crippen LogP contribution in [0.3, 0.4) is 0 Å². The number of benzene rings is 1. The normalized spacial score (nSPS) is 10.6. The van der Waals surface area contributed by atoms with Crippen LogP contribution in [0.1, 0.15) is 26.2 Å². The molecule has 2 aromatic rings. The Morgan fingerprint density at radius 2 is 2.38 bits per heavy atom. The maximum atomic E-state index is 11.6. The number of H-pyrrole nitrogens is 1. The number of anilines is 1. The highest BCUT2D eigenvalue weighted by molar-refractivity contribution is 6.00. The fourth-order valence-corrected chi connectivity index (χ4v) is 1.63. The largest absolute Gasteiger partial charge is 0.325 e. The number of hydrogen-bond donors (Lipinski definition) is 2. The van der Waals surface area contributed by atoms with Crippen molar-refractivity contribution in [3.8, 4) is 0 Å². The molecule has 0 aliphatic heterocycles. The van der Waals surface area contributed by atoms with Crippen molar-refractivity contribution in [2.75, 3.05) is 5.32 Å². The highest BCUT2D eigenvalue weighted by atomic mass is 16.1. The predicted octanol–water partition coefficient (Wildman–Crippen LogP) is 2.69. The zero-order chi connectivity index (χ0) is 11.4. The molecule has 0 saturated heterocycles. The molecule has 1 amide bonds. The van der Waals surface area contributed by atoms with Gasteiger partial charge in [-0.05, 0) is 18.6 Å². The third-order valence-corrected chi connectivity index (χ3v) is 2.52. The van der Waals surface area contributed by atoms with Gasteiger partial charge in [0.1, 0.15) is 0 Å². The van der Waals surface area contributed by atoms with Gasteiger partial charge >= 0.3 is 0 Å². The molecule has 0 radical (unpaired) electrons. The minimum atomic E-state index is 0.0653. The number of nitrogens with one attached hydrogen (secondary N) is 2. The lowest BCUT2D eigenvalue weighted by molar-refractivity contribution is -0.116. The van der Waals surface area contributed by atoms with Crippen LogP contribution in [0.2, 0.25) is 0 Å². The van der Waals surface area contributed by atoms with Crippen molar-refractivity contribution in [3.05, 3.63) is 24.4 Å².